The number of hydrogen-bond donors (Lipinski definition) is 1. The van der Waals surface area contributed by atoms with Gasteiger partial charge in [-0.15, -0.1) is 0 Å². The van der Waals surface area contributed by atoms with E-state index in [9.17, 15) is 9.90 Å². The van der Waals surface area contributed by atoms with Crippen molar-refractivity contribution in [2.45, 2.75) is 37.8 Å². The van der Waals surface area contributed by atoms with Gasteiger partial charge in [-0.05, 0) is 49.6 Å². The van der Waals surface area contributed by atoms with Gasteiger partial charge in [-0.2, -0.15) is 0 Å². The lowest BCUT2D eigenvalue weighted by Crippen LogP contribution is -2.24. The van der Waals surface area contributed by atoms with Gasteiger partial charge >= 0.3 is 5.97 Å². The van der Waals surface area contributed by atoms with E-state index in [0.717, 1.165) is 17.0 Å². The quantitative estimate of drug-likeness (QED) is 0.595. The zero-order valence-electron chi connectivity index (χ0n) is 17.6. The fraction of sp³-hybridized carbons (Fsp3) is 0.391. The van der Waals surface area contributed by atoms with Crippen molar-refractivity contribution in [1.29, 1.82) is 0 Å². The van der Waals surface area contributed by atoms with Crippen molar-refractivity contribution in [3.8, 4) is 0 Å². The number of methoxy groups -OCH3 is 2. The minimum Gasteiger partial charge on any atom is -0.469 e. The highest BCUT2D eigenvalue weighted by Gasteiger charge is 2.25. The number of aliphatic hydroxyl groups is 1. The molecule has 0 spiro atoms. The maximum absolute atomic E-state index is 11.8. The van der Waals surface area contributed by atoms with Crippen LogP contribution in [0.25, 0.3) is 0 Å². The summed E-state index contributed by atoms with van der Waals surface area (Å²) < 4.78 is 9.84. The summed E-state index contributed by atoms with van der Waals surface area (Å²) in [6, 6.07) is 10.7. The number of benzene rings is 1. The first-order valence-corrected chi connectivity index (χ1v) is 10.5. The van der Waals surface area contributed by atoms with E-state index in [0.29, 0.717) is 35.7 Å². The third-order valence-electron chi connectivity index (χ3n) is 5.00. The van der Waals surface area contributed by atoms with E-state index in [2.05, 4.69) is 4.98 Å². The minimum absolute atomic E-state index is 0.205. The van der Waals surface area contributed by atoms with Gasteiger partial charge in [0.25, 0.3) is 0 Å². The van der Waals surface area contributed by atoms with E-state index < -0.39 is 6.10 Å². The van der Waals surface area contributed by atoms with Crippen LogP contribution in [0.5, 0.6) is 0 Å². The molecule has 3 rings (SSSR count). The average Bonchev–Trinajstić information content (AvgIpc) is 2.93. The molecule has 1 unspecified atom stereocenters. The van der Waals surface area contributed by atoms with Crippen LogP contribution in [0.4, 0.5) is 5.69 Å². The normalized spacial score (nSPS) is 16.6. The Morgan fingerprint density at radius 1 is 1.26 bits per heavy atom. The molecule has 2 aromatic rings. The number of esters is 1. The molecule has 2 atom stereocenters. The van der Waals surface area contributed by atoms with Crippen molar-refractivity contribution < 1.29 is 19.4 Å². The van der Waals surface area contributed by atoms with Gasteiger partial charge in [0.2, 0.25) is 0 Å². The molecule has 0 bridgehead atoms. The summed E-state index contributed by atoms with van der Waals surface area (Å²) >= 11 is 6.28. The van der Waals surface area contributed by atoms with Gasteiger partial charge in [0, 0.05) is 36.0 Å². The van der Waals surface area contributed by atoms with E-state index >= 15 is 0 Å². The lowest BCUT2D eigenvalue weighted by molar-refractivity contribution is -0.140. The highest BCUT2D eigenvalue weighted by atomic mass is 35.5. The summed E-state index contributed by atoms with van der Waals surface area (Å²) in [6.45, 7) is 0.245. The number of carbonyl (C=O) groups excluding carboxylic acids is 1. The van der Waals surface area contributed by atoms with Gasteiger partial charge < -0.3 is 14.6 Å². The fourth-order valence-corrected chi connectivity index (χ4v) is 3.60. The standard InChI is InChI=1S/C23H26ClN3O4/c1-30-14-16(28)7-9-19-20(10-11-22(29)31-2)27-23(21-5-3-4-12-25-21)17-13-15(24)6-8-18(17)26-19/h3-6,8,12-13,16,20,28H,7,9-11,14H2,1-2H3/t16?,20-/m0/s1. The number of carbonyl (C=O) groups is 1. The second-order valence-electron chi connectivity index (χ2n) is 7.24. The maximum Gasteiger partial charge on any atom is 0.305 e. The summed E-state index contributed by atoms with van der Waals surface area (Å²) in [4.78, 5) is 26.2. The molecule has 1 aliphatic rings. The lowest BCUT2D eigenvalue weighted by Gasteiger charge is -2.16. The average molecular weight is 444 g/mol. The molecule has 1 N–H and O–H groups in total. The van der Waals surface area contributed by atoms with Crippen LogP contribution in [-0.2, 0) is 14.3 Å². The van der Waals surface area contributed by atoms with E-state index in [1.807, 2.05) is 30.3 Å². The largest absolute Gasteiger partial charge is 0.469 e. The molecule has 0 radical (unpaired) electrons. The number of hydrogen-bond acceptors (Lipinski definition) is 7. The molecule has 0 saturated carbocycles. The van der Waals surface area contributed by atoms with E-state index in [-0.39, 0.29) is 25.0 Å². The Hall–Kier alpha value is -2.61. The van der Waals surface area contributed by atoms with Gasteiger partial charge in [-0.1, -0.05) is 17.7 Å². The van der Waals surface area contributed by atoms with Crippen LogP contribution in [0, 0.1) is 0 Å². The molecule has 0 fully saturated rings. The van der Waals surface area contributed by atoms with E-state index in [4.69, 9.17) is 31.1 Å². The molecule has 7 nitrogen and oxygen atoms in total. The van der Waals surface area contributed by atoms with Gasteiger partial charge in [0.05, 0.1) is 43.0 Å². The summed E-state index contributed by atoms with van der Waals surface area (Å²) in [5.41, 5.74) is 3.66. The van der Waals surface area contributed by atoms with Crippen LogP contribution in [0.15, 0.2) is 52.6 Å². The molecule has 0 saturated heterocycles. The SMILES string of the molecule is COCC(O)CCC1=Nc2ccc(Cl)cc2C(c2ccccn2)=N[C@H]1CCC(=O)OC. The van der Waals surface area contributed by atoms with Crippen LogP contribution < -0.4 is 0 Å². The molecule has 8 heteroatoms. The zero-order chi connectivity index (χ0) is 22.2. The van der Waals surface area contributed by atoms with Gasteiger partial charge in [-0.3, -0.25) is 19.8 Å². The number of rotatable bonds is 9. The number of aliphatic hydroxyl groups excluding tert-OH is 1. The number of aliphatic imine (C=N–C) groups is 2. The second kappa shape index (κ2) is 11.1. The summed E-state index contributed by atoms with van der Waals surface area (Å²) in [7, 11) is 2.92. The Bertz CT molecular complexity index is 963. The lowest BCUT2D eigenvalue weighted by atomic mass is 10.0. The Morgan fingerprint density at radius 2 is 2.10 bits per heavy atom. The van der Waals surface area contributed by atoms with Crippen molar-refractivity contribution in [3.63, 3.8) is 0 Å². The molecule has 1 aromatic carbocycles. The molecule has 2 heterocycles. The van der Waals surface area contributed by atoms with Crippen molar-refractivity contribution in [2.24, 2.45) is 9.98 Å². The summed E-state index contributed by atoms with van der Waals surface area (Å²) in [5.74, 6) is -0.307. The number of fused-ring (bicyclic) bond motifs is 1. The Morgan fingerprint density at radius 3 is 2.81 bits per heavy atom. The van der Waals surface area contributed by atoms with Crippen molar-refractivity contribution >= 4 is 34.7 Å². The summed E-state index contributed by atoms with van der Waals surface area (Å²) in [5, 5.41) is 10.7. The molecule has 1 aromatic heterocycles. The molecule has 164 valence electrons. The molecular formula is C23H26ClN3O4. The first-order chi connectivity index (χ1) is 15.0. The highest BCUT2D eigenvalue weighted by molar-refractivity contribution is 6.31. The van der Waals surface area contributed by atoms with Crippen molar-refractivity contribution in [3.05, 3.63) is 58.9 Å². The van der Waals surface area contributed by atoms with Crippen LogP contribution in [0.1, 0.15) is 36.9 Å². The monoisotopic (exact) mass is 443 g/mol. The van der Waals surface area contributed by atoms with E-state index in [1.54, 1.807) is 19.4 Å². The van der Waals surface area contributed by atoms with Crippen LogP contribution in [-0.4, -0.2) is 60.5 Å². The van der Waals surface area contributed by atoms with E-state index in [1.165, 1.54) is 7.11 Å². The number of pyridine rings is 1. The maximum atomic E-state index is 11.8. The first-order valence-electron chi connectivity index (χ1n) is 10.1. The third kappa shape index (κ3) is 6.19. The number of ether oxygens (including phenoxy) is 2. The predicted octanol–water partition coefficient (Wildman–Crippen LogP) is 3.77. The molecule has 0 aliphatic carbocycles. The van der Waals surface area contributed by atoms with Gasteiger partial charge in [-0.25, -0.2) is 0 Å². The topological polar surface area (TPSA) is 93.4 Å². The Balaban J connectivity index is 2.04. The molecule has 1 aliphatic heterocycles. The summed E-state index contributed by atoms with van der Waals surface area (Å²) in [6.07, 6.45) is 2.72. The first kappa shape index (κ1) is 23.1. The third-order valence-corrected chi connectivity index (χ3v) is 5.23. The molecule has 0 amide bonds. The molecular weight excluding hydrogens is 418 g/mol. The van der Waals surface area contributed by atoms with Gasteiger partial charge in [0.15, 0.2) is 0 Å². The number of nitrogens with zero attached hydrogens (tertiary/aromatic N) is 3. The van der Waals surface area contributed by atoms with Crippen molar-refractivity contribution in [2.75, 3.05) is 20.8 Å². The van der Waals surface area contributed by atoms with Crippen LogP contribution >= 0.6 is 11.6 Å². The number of halogens is 1. The minimum atomic E-state index is -0.610. The van der Waals surface area contributed by atoms with Crippen LogP contribution in [0.2, 0.25) is 5.02 Å². The Labute approximate surface area is 186 Å². The number of aromatic nitrogens is 1. The van der Waals surface area contributed by atoms with Crippen LogP contribution in [0.3, 0.4) is 0 Å². The van der Waals surface area contributed by atoms with Gasteiger partial charge in [0.1, 0.15) is 0 Å². The zero-order valence-corrected chi connectivity index (χ0v) is 18.4. The predicted molar refractivity (Wildman–Crippen MR) is 121 cm³/mol. The van der Waals surface area contributed by atoms with Crippen molar-refractivity contribution in [1.82, 2.24) is 4.98 Å². The highest BCUT2D eigenvalue weighted by Crippen LogP contribution is 2.31. The smallest absolute Gasteiger partial charge is 0.305 e. The fourth-order valence-electron chi connectivity index (χ4n) is 3.43. The Kier molecular flexibility index (Phi) is 8.28. The second-order valence-corrected chi connectivity index (χ2v) is 7.67. The molecule has 31 heavy (non-hydrogen) atoms.